The van der Waals surface area contributed by atoms with Gasteiger partial charge in [0.15, 0.2) is 5.92 Å². The van der Waals surface area contributed by atoms with E-state index in [1.165, 1.54) is 21.1 Å². The molecule has 0 N–H and O–H groups in total. The van der Waals surface area contributed by atoms with Crippen LogP contribution in [0.2, 0.25) is 0 Å². The summed E-state index contributed by atoms with van der Waals surface area (Å²) in [5.41, 5.74) is 0.743. The van der Waals surface area contributed by atoms with Gasteiger partial charge in [-0.2, -0.15) is 0 Å². The predicted molar refractivity (Wildman–Crippen MR) is 82.5 cm³/mol. The lowest BCUT2D eigenvalue weighted by Crippen LogP contribution is -2.31. The number of benzene rings is 1. The Bertz CT molecular complexity index is 548. The van der Waals surface area contributed by atoms with Gasteiger partial charge < -0.3 is 14.2 Å². The summed E-state index contributed by atoms with van der Waals surface area (Å²) in [4.78, 5) is 34.8. The summed E-state index contributed by atoms with van der Waals surface area (Å²) in [6.45, 7) is 1.35. The summed E-state index contributed by atoms with van der Waals surface area (Å²) in [6, 6.07) is 9.01. The average Bonchev–Trinajstić information content (AvgIpc) is 2.57. The zero-order valence-electron chi connectivity index (χ0n) is 13.4. The molecule has 1 rings (SSSR count). The molecule has 0 spiro atoms. The van der Waals surface area contributed by atoms with Gasteiger partial charge in [0.05, 0.1) is 14.2 Å². The summed E-state index contributed by atoms with van der Waals surface area (Å²) in [5.74, 6) is -3.53. The van der Waals surface area contributed by atoms with Crippen LogP contribution in [0.15, 0.2) is 42.5 Å². The largest absolute Gasteiger partial charge is 0.468 e. The first-order valence-corrected chi connectivity index (χ1v) is 7.01. The first-order chi connectivity index (χ1) is 11.0. The van der Waals surface area contributed by atoms with Crippen molar-refractivity contribution in [2.24, 2.45) is 5.92 Å². The summed E-state index contributed by atoms with van der Waals surface area (Å²) in [6.07, 6.45) is 3.22. The molecule has 0 aliphatic carbocycles. The molecule has 0 heterocycles. The maximum absolute atomic E-state index is 12.0. The Morgan fingerprint density at radius 3 is 2.09 bits per heavy atom. The molecule has 0 saturated heterocycles. The van der Waals surface area contributed by atoms with E-state index in [1.54, 1.807) is 36.4 Å². The van der Waals surface area contributed by atoms with Crippen LogP contribution in [0.5, 0.6) is 0 Å². The van der Waals surface area contributed by atoms with Crippen LogP contribution >= 0.6 is 0 Å². The second kappa shape index (κ2) is 9.40. The summed E-state index contributed by atoms with van der Waals surface area (Å²) >= 11 is 0. The van der Waals surface area contributed by atoms with E-state index in [-0.39, 0.29) is 6.61 Å². The van der Waals surface area contributed by atoms with Gasteiger partial charge in [-0.1, -0.05) is 42.5 Å². The number of ether oxygens (including phenoxy) is 3. The highest BCUT2D eigenvalue weighted by Gasteiger charge is 2.36. The lowest BCUT2D eigenvalue weighted by molar-refractivity contribution is -0.159. The highest BCUT2D eigenvalue weighted by atomic mass is 16.5. The molecule has 0 radical (unpaired) electrons. The highest BCUT2D eigenvalue weighted by Crippen LogP contribution is 2.28. The van der Waals surface area contributed by atoms with Crippen molar-refractivity contribution >= 4 is 17.9 Å². The quantitative estimate of drug-likeness (QED) is 0.330. The number of rotatable bonds is 7. The minimum Gasteiger partial charge on any atom is -0.468 e. The first-order valence-electron chi connectivity index (χ1n) is 7.01. The molecule has 0 bridgehead atoms. The van der Waals surface area contributed by atoms with Crippen molar-refractivity contribution in [2.75, 3.05) is 20.8 Å². The molecule has 0 saturated carbocycles. The molecule has 23 heavy (non-hydrogen) atoms. The van der Waals surface area contributed by atoms with Crippen molar-refractivity contribution in [2.45, 2.75) is 12.8 Å². The number of hydrogen-bond donors (Lipinski definition) is 0. The number of methoxy groups -OCH3 is 2. The third-order valence-corrected chi connectivity index (χ3v) is 3.18. The van der Waals surface area contributed by atoms with E-state index in [1.807, 2.05) is 6.07 Å². The van der Waals surface area contributed by atoms with Crippen LogP contribution < -0.4 is 0 Å². The van der Waals surface area contributed by atoms with Crippen molar-refractivity contribution in [3.8, 4) is 0 Å². The molecule has 0 fully saturated rings. The SMILES string of the molecule is COC(=O)C(C(=O)OC)C(/C=C/COC(C)=O)c1ccccc1. The van der Waals surface area contributed by atoms with Gasteiger partial charge in [0.1, 0.15) is 6.61 Å². The minimum atomic E-state index is -1.14. The van der Waals surface area contributed by atoms with E-state index in [2.05, 4.69) is 0 Å². The summed E-state index contributed by atoms with van der Waals surface area (Å²) < 4.78 is 14.3. The third-order valence-electron chi connectivity index (χ3n) is 3.18. The molecule has 1 aromatic rings. The molecule has 0 aromatic heterocycles. The Morgan fingerprint density at radius 2 is 1.61 bits per heavy atom. The molecule has 6 heteroatoms. The fraction of sp³-hybridized carbons (Fsp3) is 0.353. The van der Waals surface area contributed by atoms with Gasteiger partial charge in [0.2, 0.25) is 0 Å². The van der Waals surface area contributed by atoms with Gasteiger partial charge >= 0.3 is 17.9 Å². The van der Waals surface area contributed by atoms with Crippen LogP contribution in [0.4, 0.5) is 0 Å². The Labute approximate surface area is 135 Å². The number of hydrogen-bond acceptors (Lipinski definition) is 6. The van der Waals surface area contributed by atoms with Crippen molar-refractivity contribution in [1.82, 2.24) is 0 Å². The van der Waals surface area contributed by atoms with Crippen molar-refractivity contribution < 1.29 is 28.6 Å². The van der Waals surface area contributed by atoms with E-state index in [9.17, 15) is 14.4 Å². The van der Waals surface area contributed by atoms with E-state index in [4.69, 9.17) is 14.2 Å². The second-order valence-electron chi connectivity index (χ2n) is 4.69. The van der Waals surface area contributed by atoms with Gasteiger partial charge in [0, 0.05) is 12.8 Å². The van der Waals surface area contributed by atoms with Crippen LogP contribution in [0, 0.1) is 5.92 Å². The number of carbonyl (C=O) groups excluding carboxylic acids is 3. The highest BCUT2D eigenvalue weighted by molar-refractivity contribution is 5.96. The van der Waals surface area contributed by atoms with Gasteiger partial charge in [-0.15, -0.1) is 0 Å². The van der Waals surface area contributed by atoms with Crippen LogP contribution in [0.25, 0.3) is 0 Å². The molecule has 1 unspecified atom stereocenters. The molecule has 6 nitrogen and oxygen atoms in total. The lowest BCUT2D eigenvalue weighted by atomic mass is 9.85. The van der Waals surface area contributed by atoms with Gasteiger partial charge in [0.25, 0.3) is 0 Å². The molecular formula is C17H20O6. The number of allylic oxidation sites excluding steroid dienone is 1. The second-order valence-corrected chi connectivity index (χ2v) is 4.69. The Hall–Kier alpha value is -2.63. The Morgan fingerprint density at radius 1 is 1.04 bits per heavy atom. The van der Waals surface area contributed by atoms with Gasteiger partial charge in [-0.25, -0.2) is 0 Å². The molecule has 0 aliphatic heterocycles. The maximum atomic E-state index is 12.0. The Balaban J connectivity index is 3.12. The van der Waals surface area contributed by atoms with Crippen molar-refractivity contribution in [1.29, 1.82) is 0 Å². The third kappa shape index (κ3) is 5.58. The number of esters is 3. The van der Waals surface area contributed by atoms with E-state index in [0.29, 0.717) is 0 Å². The smallest absolute Gasteiger partial charge is 0.321 e. The van der Waals surface area contributed by atoms with Crippen molar-refractivity contribution in [3.05, 3.63) is 48.0 Å². The molecule has 1 atom stereocenters. The van der Waals surface area contributed by atoms with Crippen LogP contribution in [0.3, 0.4) is 0 Å². The normalized spacial score (nSPS) is 12.0. The van der Waals surface area contributed by atoms with Gasteiger partial charge in [-0.3, -0.25) is 14.4 Å². The molecule has 1 aromatic carbocycles. The van der Waals surface area contributed by atoms with Crippen LogP contribution in [-0.4, -0.2) is 38.7 Å². The predicted octanol–water partition coefficient (Wildman–Crippen LogP) is 1.85. The fourth-order valence-electron chi connectivity index (χ4n) is 2.10. The zero-order chi connectivity index (χ0) is 17.2. The first kappa shape index (κ1) is 18.4. The van der Waals surface area contributed by atoms with E-state index >= 15 is 0 Å². The maximum Gasteiger partial charge on any atom is 0.321 e. The molecule has 124 valence electrons. The lowest BCUT2D eigenvalue weighted by Gasteiger charge is -2.21. The Kier molecular flexibility index (Phi) is 7.53. The van der Waals surface area contributed by atoms with Gasteiger partial charge in [-0.05, 0) is 5.56 Å². The van der Waals surface area contributed by atoms with Crippen LogP contribution in [0.1, 0.15) is 18.4 Å². The molecule has 0 aliphatic rings. The average molecular weight is 320 g/mol. The zero-order valence-corrected chi connectivity index (χ0v) is 13.4. The van der Waals surface area contributed by atoms with Crippen LogP contribution in [-0.2, 0) is 28.6 Å². The van der Waals surface area contributed by atoms with E-state index < -0.39 is 29.7 Å². The summed E-state index contributed by atoms with van der Waals surface area (Å²) in [7, 11) is 2.42. The standard InChI is InChI=1S/C17H20O6/c1-12(18)23-11-7-10-14(13-8-5-4-6-9-13)15(16(19)21-2)17(20)22-3/h4-10,14-15H,11H2,1-3H3/b10-7+. The summed E-state index contributed by atoms with van der Waals surface area (Å²) in [5, 5.41) is 0. The topological polar surface area (TPSA) is 78.9 Å². The molecular weight excluding hydrogens is 300 g/mol. The number of carbonyl (C=O) groups is 3. The van der Waals surface area contributed by atoms with E-state index in [0.717, 1.165) is 5.56 Å². The minimum absolute atomic E-state index is 0.0493. The monoisotopic (exact) mass is 320 g/mol. The molecule has 0 amide bonds. The van der Waals surface area contributed by atoms with Crippen molar-refractivity contribution in [3.63, 3.8) is 0 Å². The fourth-order valence-corrected chi connectivity index (χ4v) is 2.10.